The summed E-state index contributed by atoms with van der Waals surface area (Å²) >= 11 is 1.27. The number of nitrogens with one attached hydrogen (secondary N) is 1. The molecule has 0 bridgehead atoms. The minimum Gasteiger partial charge on any atom is -0.298 e. The number of ketones is 1. The van der Waals surface area contributed by atoms with Crippen LogP contribution in [0.15, 0.2) is 82.7 Å². The largest absolute Gasteiger partial charge is 0.298 e. The van der Waals surface area contributed by atoms with Crippen LogP contribution in [-0.2, 0) is 16.3 Å². The Bertz CT molecular complexity index is 1530. The number of fused-ring (bicyclic) bond motifs is 2. The zero-order chi connectivity index (χ0) is 23.2. The van der Waals surface area contributed by atoms with Gasteiger partial charge in [-0.3, -0.25) is 14.9 Å². The number of hydrogen-bond donors (Lipinski definition) is 1. The standard InChI is InChI=1S/C24H15FN2O4S2/c25-16-8-5-14(6-9-16)11-17-13-26-24(32-17)27-23(29)15-7-10-19-21(12-15)33(30,31)20-4-2-1-3-18(20)22(19)28/h1-10,12-13H,11H2,(H,26,27,29). The van der Waals surface area contributed by atoms with E-state index in [1.165, 1.54) is 53.8 Å². The van der Waals surface area contributed by atoms with Gasteiger partial charge in [-0.2, -0.15) is 0 Å². The molecule has 3 aromatic carbocycles. The van der Waals surface area contributed by atoms with Gasteiger partial charge >= 0.3 is 0 Å². The molecule has 0 radical (unpaired) electrons. The quantitative estimate of drug-likeness (QED) is 0.411. The number of thiazole rings is 1. The number of carbonyl (C=O) groups is 2. The lowest BCUT2D eigenvalue weighted by Crippen LogP contribution is -2.21. The van der Waals surface area contributed by atoms with E-state index in [0.717, 1.165) is 10.4 Å². The summed E-state index contributed by atoms with van der Waals surface area (Å²) in [4.78, 5) is 30.3. The van der Waals surface area contributed by atoms with Crippen molar-refractivity contribution in [2.45, 2.75) is 16.2 Å². The molecule has 2 heterocycles. The second-order valence-electron chi connectivity index (χ2n) is 7.43. The Hall–Kier alpha value is -3.69. The lowest BCUT2D eigenvalue weighted by atomic mass is 10.0. The molecule has 0 saturated carbocycles. The average molecular weight is 479 g/mol. The van der Waals surface area contributed by atoms with E-state index in [4.69, 9.17) is 0 Å². The minimum absolute atomic E-state index is 0.0427. The summed E-state index contributed by atoms with van der Waals surface area (Å²) in [6, 6.07) is 16.2. The van der Waals surface area contributed by atoms with Gasteiger partial charge in [-0.15, -0.1) is 11.3 Å². The Labute approximate surface area is 192 Å². The van der Waals surface area contributed by atoms with Crippen LogP contribution in [0, 0.1) is 5.82 Å². The molecule has 0 unspecified atom stereocenters. The molecule has 5 rings (SSSR count). The fourth-order valence-electron chi connectivity index (χ4n) is 3.65. The van der Waals surface area contributed by atoms with Crippen LogP contribution >= 0.6 is 11.3 Å². The summed E-state index contributed by atoms with van der Waals surface area (Å²) in [5.41, 5.74) is 1.17. The molecule has 0 spiro atoms. The number of sulfone groups is 1. The van der Waals surface area contributed by atoms with Crippen LogP contribution in [0.1, 0.15) is 36.7 Å². The normalized spacial score (nSPS) is 13.8. The predicted molar refractivity (Wildman–Crippen MR) is 121 cm³/mol. The third-order valence-corrected chi connectivity index (χ3v) is 8.03. The first-order chi connectivity index (χ1) is 15.8. The molecular weight excluding hydrogens is 463 g/mol. The van der Waals surface area contributed by atoms with Crippen LogP contribution in [-0.4, -0.2) is 25.1 Å². The first-order valence-corrected chi connectivity index (χ1v) is 12.2. The molecule has 0 fully saturated rings. The summed E-state index contributed by atoms with van der Waals surface area (Å²) in [5.74, 6) is -1.25. The average Bonchev–Trinajstić information content (AvgIpc) is 3.25. The number of anilines is 1. The first kappa shape index (κ1) is 21.2. The SMILES string of the molecule is O=C(Nc1ncc(Cc2ccc(F)cc2)s1)c1ccc2c(c1)S(=O)(=O)c1ccccc1C2=O. The minimum atomic E-state index is -3.94. The van der Waals surface area contributed by atoms with Gasteiger partial charge in [0.15, 0.2) is 10.9 Å². The smallest absolute Gasteiger partial charge is 0.257 e. The Morgan fingerprint density at radius 3 is 2.48 bits per heavy atom. The van der Waals surface area contributed by atoms with E-state index in [9.17, 15) is 22.4 Å². The maximum absolute atomic E-state index is 13.1. The van der Waals surface area contributed by atoms with Gasteiger partial charge in [0.2, 0.25) is 9.84 Å². The first-order valence-electron chi connectivity index (χ1n) is 9.86. The molecule has 1 aromatic heterocycles. The Morgan fingerprint density at radius 1 is 0.970 bits per heavy atom. The second-order valence-corrected chi connectivity index (χ2v) is 10.4. The zero-order valence-corrected chi connectivity index (χ0v) is 18.5. The van der Waals surface area contributed by atoms with Crippen molar-refractivity contribution in [1.29, 1.82) is 0 Å². The molecule has 0 atom stereocenters. The highest BCUT2D eigenvalue weighted by molar-refractivity contribution is 7.91. The summed E-state index contributed by atoms with van der Waals surface area (Å²) in [6.07, 6.45) is 2.16. The van der Waals surface area contributed by atoms with Crippen LogP contribution in [0.25, 0.3) is 0 Å². The summed E-state index contributed by atoms with van der Waals surface area (Å²) in [6.45, 7) is 0. The fraction of sp³-hybridized carbons (Fsp3) is 0.0417. The molecule has 9 heteroatoms. The van der Waals surface area contributed by atoms with Crippen LogP contribution in [0.4, 0.5) is 9.52 Å². The number of rotatable bonds is 4. The zero-order valence-electron chi connectivity index (χ0n) is 16.9. The highest BCUT2D eigenvalue weighted by atomic mass is 32.2. The van der Waals surface area contributed by atoms with Crippen LogP contribution in [0.3, 0.4) is 0 Å². The van der Waals surface area contributed by atoms with Gasteiger partial charge in [-0.1, -0.05) is 24.3 Å². The summed E-state index contributed by atoms with van der Waals surface area (Å²) in [5, 5.41) is 3.01. The van der Waals surface area contributed by atoms with Crippen molar-refractivity contribution >= 4 is 38.0 Å². The van der Waals surface area contributed by atoms with Gasteiger partial charge in [0, 0.05) is 34.2 Å². The molecule has 164 valence electrons. The number of nitrogens with zero attached hydrogens (tertiary/aromatic N) is 1. The van der Waals surface area contributed by atoms with Gasteiger partial charge in [-0.05, 0) is 48.0 Å². The van der Waals surface area contributed by atoms with Crippen molar-refractivity contribution in [3.8, 4) is 0 Å². The molecule has 1 N–H and O–H groups in total. The number of hydrogen-bond acceptors (Lipinski definition) is 6. The molecule has 0 saturated heterocycles. The molecule has 1 aliphatic heterocycles. The van der Waals surface area contributed by atoms with Crippen molar-refractivity contribution in [1.82, 2.24) is 4.98 Å². The lowest BCUT2D eigenvalue weighted by molar-refractivity contribution is 0.101. The third kappa shape index (κ3) is 3.85. The molecule has 33 heavy (non-hydrogen) atoms. The van der Waals surface area contributed by atoms with Crippen molar-refractivity contribution in [2.75, 3.05) is 5.32 Å². The topological polar surface area (TPSA) is 93.2 Å². The number of halogens is 1. The van der Waals surface area contributed by atoms with Crippen molar-refractivity contribution in [3.05, 3.63) is 106 Å². The van der Waals surface area contributed by atoms with Crippen LogP contribution < -0.4 is 5.32 Å². The van der Waals surface area contributed by atoms with E-state index in [2.05, 4.69) is 10.3 Å². The summed E-state index contributed by atoms with van der Waals surface area (Å²) in [7, 11) is -3.94. The number of aromatic nitrogens is 1. The van der Waals surface area contributed by atoms with E-state index in [1.54, 1.807) is 30.5 Å². The number of carbonyl (C=O) groups excluding carboxylic acids is 2. The monoisotopic (exact) mass is 478 g/mol. The van der Waals surface area contributed by atoms with Gasteiger partial charge in [0.25, 0.3) is 5.91 Å². The molecule has 4 aromatic rings. The van der Waals surface area contributed by atoms with Crippen molar-refractivity contribution in [3.63, 3.8) is 0 Å². The maximum Gasteiger partial charge on any atom is 0.257 e. The van der Waals surface area contributed by atoms with E-state index in [0.29, 0.717) is 11.6 Å². The number of benzene rings is 3. The Balaban J connectivity index is 1.39. The van der Waals surface area contributed by atoms with Gasteiger partial charge in [0.05, 0.1) is 9.79 Å². The highest BCUT2D eigenvalue weighted by Crippen LogP contribution is 2.35. The molecule has 1 amide bonds. The highest BCUT2D eigenvalue weighted by Gasteiger charge is 2.35. The summed E-state index contributed by atoms with van der Waals surface area (Å²) < 4.78 is 39.2. The number of amides is 1. The van der Waals surface area contributed by atoms with E-state index in [-0.39, 0.29) is 32.3 Å². The van der Waals surface area contributed by atoms with Crippen LogP contribution in [0.2, 0.25) is 0 Å². The Kier molecular flexibility index (Phi) is 5.15. The van der Waals surface area contributed by atoms with Gasteiger partial charge < -0.3 is 0 Å². The van der Waals surface area contributed by atoms with Crippen molar-refractivity contribution < 1.29 is 22.4 Å². The van der Waals surface area contributed by atoms with E-state index in [1.807, 2.05) is 0 Å². The molecular formula is C24H15FN2O4S2. The van der Waals surface area contributed by atoms with Gasteiger partial charge in [-0.25, -0.2) is 17.8 Å². The van der Waals surface area contributed by atoms with E-state index >= 15 is 0 Å². The third-order valence-electron chi connectivity index (χ3n) is 5.26. The molecule has 1 aliphatic rings. The lowest BCUT2D eigenvalue weighted by Gasteiger charge is -2.19. The van der Waals surface area contributed by atoms with Gasteiger partial charge in [0.1, 0.15) is 5.82 Å². The Morgan fingerprint density at radius 2 is 1.70 bits per heavy atom. The molecule has 6 nitrogen and oxygen atoms in total. The maximum atomic E-state index is 13.1. The van der Waals surface area contributed by atoms with Crippen molar-refractivity contribution in [2.24, 2.45) is 0 Å². The van der Waals surface area contributed by atoms with E-state index < -0.39 is 21.5 Å². The molecule has 0 aliphatic carbocycles. The van der Waals surface area contributed by atoms with Crippen LogP contribution in [0.5, 0.6) is 0 Å². The second kappa shape index (κ2) is 8.02. The fourth-order valence-corrected chi connectivity index (χ4v) is 6.16. The predicted octanol–water partition coefficient (Wildman–Crippen LogP) is 4.50.